The maximum atomic E-state index is 12.3. The molecule has 0 aliphatic carbocycles. The quantitative estimate of drug-likeness (QED) is 0.319. The lowest BCUT2D eigenvalue weighted by atomic mass is 10.0. The number of ketones is 1. The highest BCUT2D eigenvalue weighted by Gasteiger charge is 2.14. The lowest BCUT2D eigenvalue weighted by Crippen LogP contribution is -2.08. The summed E-state index contributed by atoms with van der Waals surface area (Å²) in [5, 5.41) is 9.07. The number of hydrogen-bond acceptors (Lipinski definition) is 3. The number of benzene rings is 2. The Labute approximate surface area is 148 Å². The molecule has 2 aromatic rings. The van der Waals surface area contributed by atoms with Crippen molar-refractivity contribution in [3.05, 3.63) is 70.8 Å². The Balaban J connectivity index is 2.08. The maximum Gasteiger partial charge on any atom is 0.337 e. The molecule has 0 saturated carbocycles. The molecule has 0 bridgehead atoms. The molecule has 0 aromatic heterocycles. The molecule has 2 aromatic carbocycles. The van der Waals surface area contributed by atoms with Gasteiger partial charge in [0.25, 0.3) is 0 Å². The summed E-state index contributed by atoms with van der Waals surface area (Å²) in [6.07, 6.45) is 7.81. The highest BCUT2D eigenvalue weighted by molar-refractivity contribution is 6.12. The van der Waals surface area contributed by atoms with E-state index < -0.39 is 5.97 Å². The number of anilines is 1. The summed E-state index contributed by atoms with van der Waals surface area (Å²) in [7, 11) is 0. The van der Waals surface area contributed by atoms with Gasteiger partial charge in [-0.15, -0.1) is 0 Å². The molecule has 0 saturated heterocycles. The molecule has 0 atom stereocenters. The van der Waals surface area contributed by atoms with E-state index >= 15 is 0 Å². The molecule has 0 aliphatic heterocycles. The van der Waals surface area contributed by atoms with Crippen molar-refractivity contribution in [2.24, 2.45) is 0 Å². The van der Waals surface area contributed by atoms with Crippen molar-refractivity contribution in [3.63, 3.8) is 0 Å². The summed E-state index contributed by atoms with van der Waals surface area (Å²) in [4.78, 5) is 23.4. The average molecular weight is 337 g/mol. The first-order chi connectivity index (χ1) is 12.0. The molecule has 2 rings (SSSR count). The summed E-state index contributed by atoms with van der Waals surface area (Å²) in [5.41, 5.74) is 8.14. The third-order valence-electron chi connectivity index (χ3n) is 4.08. The number of hydrogen-bond donors (Lipinski definition) is 2. The number of rotatable bonds is 8. The van der Waals surface area contributed by atoms with Gasteiger partial charge >= 0.3 is 5.97 Å². The highest BCUT2D eigenvalue weighted by atomic mass is 16.4. The second-order valence-electron chi connectivity index (χ2n) is 5.97. The summed E-state index contributed by atoms with van der Waals surface area (Å²) in [6, 6.07) is 12.5. The van der Waals surface area contributed by atoms with Gasteiger partial charge in [-0.1, -0.05) is 56.2 Å². The van der Waals surface area contributed by atoms with Crippen LogP contribution >= 0.6 is 0 Å². The lowest BCUT2D eigenvalue weighted by molar-refractivity contribution is 0.0698. The number of nitrogens with two attached hydrogens (primary N) is 1. The highest BCUT2D eigenvalue weighted by Crippen LogP contribution is 2.19. The molecule has 4 heteroatoms. The standard InChI is InChI=1S/C21H23NO3/c1-2-3-4-6-15-9-11-16(12-10-15)13-14-19(23)17-7-5-8-18(20(17)22)21(24)25/h5,7-14H,2-4,6,22H2,1H3,(H,24,25). The maximum absolute atomic E-state index is 12.3. The van der Waals surface area contributed by atoms with Crippen molar-refractivity contribution < 1.29 is 14.7 Å². The van der Waals surface area contributed by atoms with Crippen LogP contribution < -0.4 is 5.73 Å². The minimum absolute atomic E-state index is 0.00378. The summed E-state index contributed by atoms with van der Waals surface area (Å²) in [5.74, 6) is -1.46. The van der Waals surface area contributed by atoms with Crippen LogP contribution in [0, 0.1) is 0 Å². The van der Waals surface area contributed by atoms with Crippen LogP contribution in [0.25, 0.3) is 6.08 Å². The third-order valence-corrected chi connectivity index (χ3v) is 4.08. The van der Waals surface area contributed by atoms with Crippen LogP contribution in [0.2, 0.25) is 0 Å². The minimum Gasteiger partial charge on any atom is -0.478 e. The first-order valence-electron chi connectivity index (χ1n) is 8.46. The van der Waals surface area contributed by atoms with Crippen molar-refractivity contribution in [3.8, 4) is 0 Å². The molecule has 0 aliphatic rings. The van der Waals surface area contributed by atoms with Crippen LogP contribution in [-0.2, 0) is 6.42 Å². The van der Waals surface area contributed by atoms with Crippen LogP contribution in [0.15, 0.2) is 48.5 Å². The lowest BCUT2D eigenvalue weighted by Gasteiger charge is -2.05. The Morgan fingerprint density at radius 2 is 1.72 bits per heavy atom. The molecular weight excluding hydrogens is 314 g/mol. The number of para-hydroxylation sites is 1. The average Bonchev–Trinajstić information content (AvgIpc) is 2.61. The molecule has 0 amide bonds. The number of carbonyl (C=O) groups is 2. The number of nitrogen functional groups attached to an aromatic ring is 1. The zero-order valence-corrected chi connectivity index (χ0v) is 14.4. The van der Waals surface area contributed by atoms with Crippen molar-refractivity contribution in [2.75, 3.05) is 5.73 Å². The first-order valence-corrected chi connectivity index (χ1v) is 8.46. The van der Waals surface area contributed by atoms with E-state index in [1.807, 2.05) is 12.1 Å². The van der Waals surface area contributed by atoms with Gasteiger partial charge in [0.05, 0.1) is 11.3 Å². The fraction of sp³-hybridized carbons (Fsp3) is 0.238. The van der Waals surface area contributed by atoms with E-state index in [0.717, 1.165) is 12.0 Å². The largest absolute Gasteiger partial charge is 0.478 e. The summed E-state index contributed by atoms with van der Waals surface area (Å²) < 4.78 is 0. The van der Waals surface area contributed by atoms with E-state index in [0.29, 0.717) is 0 Å². The molecule has 0 spiro atoms. The van der Waals surface area contributed by atoms with Crippen LogP contribution in [0.1, 0.15) is 58.0 Å². The normalized spacial score (nSPS) is 10.9. The van der Waals surface area contributed by atoms with Gasteiger partial charge in [0, 0.05) is 5.56 Å². The van der Waals surface area contributed by atoms with Crippen molar-refractivity contribution in [1.82, 2.24) is 0 Å². The van der Waals surface area contributed by atoms with E-state index in [2.05, 4.69) is 19.1 Å². The molecule has 25 heavy (non-hydrogen) atoms. The second kappa shape index (κ2) is 8.83. The number of allylic oxidation sites excluding steroid dienone is 1. The Bertz CT molecular complexity index is 776. The number of carbonyl (C=O) groups excluding carboxylic acids is 1. The van der Waals surface area contributed by atoms with E-state index in [1.165, 1.54) is 49.1 Å². The summed E-state index contributed by atoms with van der Waals surface area (Å²) >= 11 is 0. The Morgan fingerprint density at radius 1 is 1.04 bits per heavy atom. The van der Waals surface area contributed by atoms with Crippen LogP contribution in [-0.4, -0.2) is 16.9 Å². The van der Waals surface area contributed by atoms with Crippen LogP contribution in [0.3, 0.4) is 0 Å². The summed E-state index contributed by atoms with van der Waals surface area (Å²) in [6.45, 7) is 2.18. The van der Waals surface area contributed by atoms with E-state index in [1.54, 1.807) is 6.08 Å². The van der Waals surface area contributed by atoms with Gasteiger partial charge in [0.15, 0.2) is 5.78 Å². The molecular formula is C21H23NO3. The second-order valence-corrected chi connectivity index (χ2v) is 5.97. The topological polar surface area (TPSA) is 80.4 Å². The van der Waals surface area contributed by atoms with E-state index in [9.17, 15) is 9.59 Å². The minimum atomic E-state index is -1.14. The first kappa shape index (κ1) is 18.5. The fourth-order valence-corrected chi connectivity index (χ4v) is 2.60. The molecule has 130 valence electrons. The zero-order chi connectivity index (χ0) is 18.2. The third kappa shape index (κ3) is 5.05. The van der Waals surface area contributed by atoms with Crippen LogP contribution in [0.4, 0.5) is 5.69 Å². The Kier molecular flexibility index (Phi) is 6.52. The Morgan fingerprint density at radius 3 is 2.36 bits per heavy atom. The van der Waals surface area contributed by atoms with Crippen molar-refractivity contribution in [1.29, 1.82) is 0 Å². The SMILES string of the molecule is CCCCCc1ccc(C=CC(=O)c2cccc(C(=O)O)c2N)cc1. The molecule has 3 N–H and O–H groups in total. The van der Waals surface area contributed by atoms with Crippen LogP contribution in [0.5, 0.6) is 0 Å². The molecule has 0 heterocycles. The predicted octanol–water partition coefficient (Wildman–Crippen LogP) is 4.60. The van der Waals surface area contributed by atoms with Gasteiger partial charge in [0.1, 0.15) is 0 Å². The Hall–Kier alpha value is -2.88. The molecule has 0 fully saturated rings. The van der Waals surface area contributed by atoms with Crippen molar-refractivity contribution in [2.45, 2.75) is 32.6 Å². The van der Waals surface area contributed by atoms with Gasteiger partial charge < -0.3 is 10.8 Å². The van der Waals surface area contributed by atoms with Gasteiger partial charge in [0.2, 0.25) is 0 Å². The monoisotopic (exact) mass is 337 g/mol. The van der Waals surface area contributed by atoms with Gasteiger partial charge in [-0.05, 0) is 42.2 Å². The fourth-order valence-electron chi connectivity index (χ4n) is 2.60. The predicted molar refractivity (Wildman–Crippen MR) is 101 cm³/mol. The number of unbranched alkanes of at least 4 members (excludes halogenated alkanes) is 2. The van der Waals surface area contributed by atoms with Gasteiger partial charge in [-0.25, -0.2) is 4.79 Å². The smallest absolute Gasteiger partial charge is 0.337 e. The number of aromatic carboxylic acids is 1. The molecule has 4 nitrogen and oxygen atoms in total. The van der Waals surface area contributed by atoms with Gasteiger partial charge in [-0.3, -0.25) is 4.79 Å². The molecule has 0 unspecified atom stereocenters. The number of carboxylic acids is 1. The van der Waals surface area contributed by atoms with Gasteiger partial charge in [-0.2, -0.15) is 0 Å². The van der Waals surface area contributed by atoms with E-state index in [4.69, 9.17) is 10.8 Å². The van der Waals surface area contributed by atoms with Crippen molar-refractivity contribution >= 4 is 23.5 Å². The zero-order valence-electron chi connectivity index (χ0n) is 14.4. The molecule has 0 radical (unpaired) electrons. The number of aryl methyl sites for hydroxylation is 1. The number of carboxylic acid groups (broad SMARTS) is 1. The van der Waals surface area contributed by atoms with E-state index in [-0.39, 0.29) is 22.6 Å².